The van der Waals surface area contributed by atoms with Gasteiger partial charge in [-0.15, -0.1) is 5.10 Å². The molecule has 0 atom stereocenters. The Hall–Kier alpha value is -1.92. The third-order valence-electron chi connectivity index (χ3n) is 2.86. The van der Waals surface area contributed by atoms with Crippen LogP contribution in [0.3, 0.4) is 0 Å². The normalized spacial score (nSPS) is 11.2. The van der Waals surface area contributed by atoms with Gasteiger partial charge in [-0.25, -0.2) is 9.67 Å². The summed E-state index contributed by atoms with van der Waals surface area (Å²) in [5.41, 5.74) is 0.993. The number of hydrogen-bond donors (Lipinski definition) is 1. The molecule has 0 aliphatic carbocycles. The number of fused-ring (bicyclic) bond motifs is 1. The van der Waals surface area contributed by atoms with Gasteiger partial charge >= 0.3 is 0 Å². The lowest BCUT2D eigenvalue weighted by molar-refractivity contribution is 0.663. The number of aromatic amines is 1. The maximum absolute atomic E-state index is 11.7. The Balaban J connectivity index is 2.14. The van der Waals surface area contributed by atoms with Gasteiger partial charge in [0.05, 0.1) is 6.54 Å². The van der Waals surface area contributed by atoms with Crippen LogP contribution in [0.4, 0.5) is 0 Å². The Kier molecular flexibility index (Phi) is 3.19. The van der Waals surface area contributed by atoms with Crippen LogP contribution in [0.5, 0.6) is 0 Å². The summed E-state index contributed by atoms with van der Waals surface area (Å²) in [6, 6.07) is 5.25. The molecule has 0 unspecified atom stereocenters. The van der Waals surface area contributed by atoms with Crippen LogP contribution in [-0.4, -0.2) is 25.0 Å². The van der Waals surface area contributed by atoms with Crippen molar-refractivity contribution in [3.8, 4) is 0 Å². The van der Waals surface area contributed by atoms with E-state index in [0.29, 0.717) is 33.6 Å². The third-order valence-corrected chi connectivity index (χ3v) is 3.57. The predicted octanol–water partition coefficient (Wildman–Crippen LogP) is 2.18. The van der Waals surface area contributed by atoms with Gasteiger partial charge in [-0.05, 0) is 19.1 Å². The Morgan fingerprint density at radius 2 is 2.00 bits per heavy atom. The van der Waals surface area contributed by atoms with Crippen LogP contribution in [-0.2, 0) is 6.54 Å². The molecule has 3 rings (SSSR count). The van der Waals surface area contributed by atoms with E-state index in [1.165, 1.54) is 4.68 Å². The molecule has 0 spiro atoms. The lowest BCUT2D eigenvalue weighted by Gasteiger charge is -2.06. The summed E-state index contributed by atoms with van der Waals surface area (Å²) in [4.78, 5) is 18.6. The number of H-pyrrole nitrogens is 1. The fourth-order valence-corrected chi connectivity index (χ4v) is 2.43. The zero-order chi connectivity index (χ0) is 14.3. The van der Waals surface area contributed by atoms with Crippen molar-refractivity contribution in [2.75, 3.05) is 0 Å². The van der Waals surface area contributed by atoms with Crippen LogP contribution in [0.1, 0.15) is 11.4 Å². The summed E-state index contributed by atoms with van der Waals surface area (Å²) in [7, 11) is 0. The lowest BCUT2D eigenvalue weighted by Crippen LogP contribution is -2.11. The molecule has 102 valence electrons. The molecule has 3 aromatic rings. The van der Waals surface area contributed by atoms with Crippen molar-refractivity contribution in [3.63, 3.8) is 0 Å². The Bertz CT molecular complexity index is 834. The van der Waals surface area contributed by atoms with Gasteiger partial charge in [-0.1, -0.05) is 34.5 Å². The van der Waals surface area contributed by atoms with Crippen LogP contribution >= 0.6 is 23.2 Å². The van der Waals surface area contributed by atoms with Crippen molar-refractivity contribution < 1.29 is 0 Å². The molecule has 2 aromatic heterocycles. The van der Waals surface area contributed by atoms with Crippen LogP contribution in [0, 0.1) is 6.92 Å². The highest BCUT2D eigenvalue weighted by atomic mass is 35.5. The minimum absolute atomic E-state index is 0.193. The average molecular weight is 310 g/mol. The van der Waals surface area contributed by atoms with E-state index in [4.69, 9.17) is 23.2 Å². The van der Waals surface area contributed by atoms with Crippen molar-refractivity contribution in [1.29, 1.82) is 0 Å². The smallest absolute Gasteiger partial charge is 0.281 e. The number of aromatic nitrogens is 5. The minimum Gasteiger partial charge on any atom is -0.309 e. The molecule has 1 aromatic carbocycles. The highest BCUT2D eigenvalue weighted by molar-refractivity contribution is 6.35. The van der Waals surface area contributed by atoms with E-state index in [0.717, 1.165) is 0 Å². The first-order valence-corrected chi connectivity index (χ1v) is 6.55. The largest absolute Gasteiger partial charge is 0.309 e. The van der Waals surface area contributed by atoms with E-state index in [1.54, 1.807) is 25.1 Å². The van der Waals surface area contributed by atoms with Crippen LogP contribution in [0.15, 0.2) is 23.0 Å². The van der Waals surface area contributed by atoms with Gasteiger partial charge in [0.15, 0.2) is 11.2 Å². The topological polar surface area (TPSA) is 76.5 Å². The highest BCUT2D eigenvalue weighted by Gasteiger charge is 2.13. The molecule has 20 heavy (non-hydrogen) atoms. The first-order valence-electron chi connectivity index (χ1n) is 5.79. The van der Waals surface area contributed by atoms with Gasteiger partial charge in [-0.2, -0.15) is 0 Å². The zero-order valence-electron chi connectivity index (χ0n) is 10.4. The van der Waals surface area contributed by atoms with Gasteiger partial charge < -0.3 is 4.98 Å². The standard InChI is InChI=1S/C12H9Cl2N5O/c1-6-15-11-10(12(20)16-6)17-18-19(11)5-7-8(13)3-2-4-9(7)14/h2-4H,5H2,1H3,(H,15,16,20). The molecule has 0 aliphatic heterocycles. The summed E-state index contributed by atoms with van der Waals surface area (Å²) < 4.78 is 1.50. The number of hydrogen-bond acceptors (Lipinski definition) is 4. The molecule has 0 aliphatic rings. The van der Waals surface area contributed by atoms with Crippen LogP contribution in [0.25, 0.3) is 11.2 Å². The van der Waals surface area contributed by atoms with E-state index in [-0.39, 0.29) is 11.1 Å². The number of nitrogens with one attached hydrogen (secondary N) is 1. The third kappa shape index (κ3) is 2.17. The fourth-order valence-electron chi connectivity index (χ4n) is 1.92. The average Bonchev–Trinajstić information content (AvgIpc) is 2.77. The second-order valence-corrected chi connectivity index (χ2v) is 5.09. The number of nitrogens with zero attached hydrogens (tertiary/aromatic N) is 4. The highest BCUT2D eigenvalue weighted by Crippen LogP contribution is 2.25. The summed E-state index contributed by atoms with van der Waals surface area (Å²) in [6.45, 7) is 1.99. The molecular weight excluding hydrogens is 301 g/mol. The zero-order valence-corrected chi connectivity index (χ0v) is 11.9. The van der Waals surface area contributed by atoms with Crippen molar-refractivity contribution in [3.05, 3.63) is 50.0 Å². The van der Waals surface area contributed by atoms with Crippen molar-refractivity contribution >= 4 is 34.4 Å². The molecule has 2 heterocycles. The molecule has 8 heteroatoms. The first-order chi connectivity index (χ1) is 9.56. The molecule has 0 radical (unpaired) electrons. The second kappa shape index (κ2) is 4.88. The molecule has 0 saturated carbocycles. The molecule has 0 bridgehead atoms. The summed E-state index contributed by atoms with van der Waals surface area (Å²) in [5, 5.41) is 8.84. The summed E-state index contributed by atoms with van der Waals surface area (Å²) in [5.74, 6) is 0.497. The molecule has 0 saturated heterocycles. The number of benzene rings is 1. The van der Waals surface area contributed by atoms with E-state index in [1.807, 2.05) is 0 Å². The summed E-state index contributed by atoms with van der Waals surface area (Å²) >= 11 is 12.3. The number of rotatable bonds is 2. The van der Waals surface area contributed by atoms with Crippen molar-refractivity contribution in [1.82, 2.24) is 25.0 Å². The quantitative estimate of drug-likeness (QED) is 0.787. The molecule has 1 N–H and O–H groups in total. The van der Waals surface area contributed by atoms with Gasteiger partial charge in [-0.3, -0.25) is 4.79 Å². The Morgan fingerprint density at radius 1 is 1.30 bits per heavy atom. The predicted molar refractivity (Wildman–Crippen MR) is 76.2 cm³/mol. The maximum atomic E-state index is 11.7. The van der Waals surface area contributed by atoms with Gasteiger partial charge in [0, 0.05) is 15.6 Å². The van der Waals surface area contributed by atoms with Crippen molar-refractivity contribution in [2.45, 2.75) is 13.5 Å². The summed E-state index contributed by atoms with van der Waals surface area (Å²) in [6.07, 6.45) is 0. The first kappa shape index (κ1) is 13.1. The molecule has 0 fully saturated rings. The number of halogens is 2. The second-order valence-electron chi connectivity index (χ2n) is 4.27. The lowest BCUT2D eigenvalue weighted by atomic mass is 10.2. The molecule has 0 amide bonds. The SMILES string of the molecule is Cc1nc2c(nnn2Cc2c(Cl)cccc2Cl)c(=O)[nH]1. The Labute approximate surface area is 123 Å². The number of aryl methyl sites for hydroxylation is 1. The molecular formula is C12H9Cl2N5O. The van der Waals surface area contributed by atoms with Crippen molar-refractivity contribution in [2.24, 2.45) is 0 Å². The fraction of sp³-hybridized carbons (Fsp3) is 0.167. The van der Waals surface area contributed by atoms with Gasteiger partial charge in [0.1, 0.15) is 5.82 Å². The monoisotopic (exact) mass is 309 g/mol. The van der Waals surface area contributed by atoms with Gasteiger partial charge in [0.2, 0.25) is 0 Å². The molecule has 6 nitrogen and oxygen atoms in total. The van der Waals surface area contributed by atoms with E-state index < -0.39 is 0 Å². The van der Waals surface area contributed by atoms with E-state index in [2.05, 4.69) is 20.3 Å². The maximum Gasteiger partial charge on any atom is 0.281 e. The van der Waals surface area contributed by atoms with E-state index >= 15 is 0 Å². The van der Waals surface area contributed by atoms with Gasteiger partial charge in [0.25, 0.3) is 5.56 Å². The minimum atomic E-state index is -0.316. The Morgan fingerprint density at radius 3 is 2.70 bits per heavy atom. The van der Waals surface area contributed by atoms with E-state index in [9.17, 15) is 4.79 Å². The van der Waals surface area contributed by atoms with Crippen LogP contribution < -0.4 is 5.56 Å². The van der Waals surface area contributed by atoms with Crippen LogP contribution in [0.2, 0.25) is 10.0 Å².